The largest absolute Gasteiger partial charge is 0.478 e. The first-order valence-electron chi connectivity index (χ1n) is 15.2. The lowest BCUT2D eigenvalue weighted by Crippen LogP contribution is -2.42. The Kier molecular flexibility index (Phi) is 22.4. The maximum absolute atomic E-state index is 12.0. The van der Waals surface area contributed by atoms with Crippen molar-refractivity contribution in [1.82, 2.24) is 9.97 Å². The molecule has 1 atom stereocenters. The van der Waals surface area contributed by atoms with Gasteiger partial charge in [-0.25, -0.2) is 20.9 Å². The molecule has 3 aromatic rings. The minimum Gasteiger partial charge on any atom is -0.478 e. The van der Waals surface area contributed by atoms with Gasteiger partial charge in [-0.1, -0.05) is 115 Å². The number of halogens is 5. The first kappa shape index (κ1) is 52.6. The fraction of sp³-hybridized carbons (Fsp3) is 0.486. The molecule has 17 heteroatoms. The van der Waals surface area contributed by atoms with Crippen LogP contribution in [0.15, 0.2) is 48.8 Å². The minimum atomic E-state index is -3.67. The van der Waals surface area contributed by atoms with Crippen molar-refractivity contribution >= 4 is 94.6 Å². The average Bonchev–Trinajstić information content (AvgIpc) is 3.01. The molecule has 0 bridgehead atoms. The second-order valence-electron chi connectivity index (χ2n) is 14.1. The molecule has 2 aromatic heterocycles. The molecule has 10 nitrogen and oxygen atoms in total. The highest BCUT2D eigenvalue weighted by atomic mass is 127. The molecule has 0 aliphatic heterocycles. The molecule has 0 saturated heterocycles. The lowest BCUT2D eigenvalue weighted by atomic mass is 10.2. The zero-order chi connectivity index (χ0) is 38.8. The van der Waals surface area contributed by atoms with Gasteiger partial charge in [0.2, 0.25) is 0 Å². The van der Waals surface area contributed by atoms with Crippen LogP contribution in [0.5, 0.6) is 0 Å². The number of aliphatic hydroxyl groups excluding tert-OH is 1. The van der Waals surface area contributed by atoms with Crippen LogP contribution in [0.25, 0.3) is 0 Å². The SMILES string of the molecule is C.C.CC(C)(C)[Si](C)(C)OCC(=O)c1cnc(Cl)c(Cl)c1.CC(C)(C)[Si](C)(C)OC[C@@H](O)c1cnc(Cl)c(Cl)c1.O=C(O)c1ccccc1I(=O)=O. The van der Waals surface area contributed by atoms with Crippen molar-refractivity contribution in [2.24, 2.45) is 0 Å². The molecular weight excluding hydrogens is 901 g/mol. The fourth-order valence-corrected chi connectivity index (χ4v) is 6.97. The van der Waals surface area contributed by atoms with Crippen molar-refractivity contribution in [2.45, 2.75) is 98.8 Å². The normalized spacial score (nSPS) is 12.2. The number of carbonyl (C=O) groups excluding carboxylic acids is 1. The molecule has 0 aliphatic rings. The number of carboxylic acids is 1. The van der Waals surface area contributed by atoms with Crippen molar-refractivity contribution in [3.63, 3.8) is 0 Å². The van der Waals surface area contributed by atoms with Crippen LogP contribution in [-0.2, 0) is 15.0 Å². The number of nitrogens with zero attached hydrogens (tertiary/aromatic N) is 2. The number of aromatic carboxylic acids is 1. The van der Waals surface area contributed by atoms with Gasteiger partial charge in [-0.2, -0.15) is 0 Å². The smallest absolute Gasteiger partial charge is 0.341 e. The van der Waals surface area contributed by atoms with Gasteiger partial charge in [-0.15, -0.1) is 0 Å². The molecular formula is C35H53Cl4IN2O8Si2. The third kappa shape index (κ3) is 16.5. The number of Topliss-reactive ketones (excluding diaryl/α,β-unsaturated/α-hetero) is 1. The number of hydrogen-bond acceptors (Lipinski definition) is 9. The number of rotatable bonds is 10. The van der Waals surface area contributed by atoms with Gasteiger partial charge in [0, 0.05) is 23.5 Å². The highest BCUT2D eigenvalue weighted by molar-refractivity contribution is 14.2. The summed E-state index contributed by atoms with van der Waals surface area (Å²) in [7, 11) is -3.79. The van der Waals surface area contributed by atoms with E-state index in [1.807, 2.05) is 0 Å². The lowest BCUT2D eigenvalue weighted by Gasteiger charge is -2.36. The Hall–Kier alpha value is -1.54. The molecule has 0 saturated carbocycles. The summed E-state index contributed by atoms with van der Waals surface area (Å²) in [6.07, 6.45) is 2.20. The van der Waals surface area contributed by atoms with Crippen LogP contribution >= 0.6 is 66.2 Å². The molecule has 2 N–H and O–H groups in total. The summed E-state index contributed by atoms with van der Waals surface area (Å²) in [4.78, 5) is 30.3. The highest BCUT2D eigenvalue weighted by Crippen LogP contribution is 2.38. The second kappa shape index (κ2) is 22.1. The van der Waals surface area contributed by atoms with Crippen molar-refractivity contribution in [1.29, 1.82) is 0 Å². The summed E-state index contributed by atoms with van der Waals surface area (Å²) >= 11 is 19.5. The van der Waals surface area contributed by atoms with E-state index in [0.717, 1.165) is 0 Å². The summed E-state index contributed by atoms with van der Waals surface area (Å²) in [5, 5.41) is 19.9. The molecule has 2 heterocycles. The van der Waals surface area contributed by atoms with Crippen LogP contribution in [0.2, 0.25) is 56.6 Å². The fourth-order valence-electron chi connectivity index (χ4n) is 3.11. The van der Waals surface area contributed by atoms with Gasteiger partial charge in [0.05, 0.1) is 32.4 Å². The van der Waals surface area contributed by atoms with Crippen LogP contribution in [0, 0.1) is 3.57 Å². The second-order valence-corrected chi connectivity index (χ2v) is 27.7. The Balaban J connectivity index is 0. The molecule has 0 aliphatic carbocycles. The summed E-state index contributed by atoms with van der Waals surface area (Å²) in [6.45, 7) is 21.7. The standard InChI is InChI=1S/C13H21Cl2NO2Si.C13H19Cl2NO2Si.C7H5IO4.2CH4/c2*1-13(2,3)19(4,5)18-8-11(17)9-6-10(14)12(15)16-7-9;9-7(10)5-3-1-2-4-6(5)8(11)12;;/h6-7,11,17H,8H2,1-5H3;6-7H,8H2,1-5H3;1-4H,(H,9,10);2*1H4/t11-;;;;/m1..../s1. The van der Waals surface area contributed by atoms with Gasteiger partial charge in [0.1, 0.15) is 16.4 Å². The quantitative estimate of drug-likeness (QED) is 0.0869. The number of pyridine rings is 2. The van der Waals surface area contributed by atoms with E-state index >= 15 is 0 Å². The molecule has 294 valence electrons. The lowest BCUT2D eigenvalue weighted by molar-refractivity contribution is 0.0695. The number of ketones is 1. The molecule has 0 spiro atoms. The highest BCUT2D eigenvalue weighted by Gasteiger charge is 2.38. The van der Waals surface area contributed by atoms with Crippen LogP contribution in [-0.4, -0.2) is 61.8 Å². The Morgan fingerprint density at radius 1 is 0.808 bits per heavy atom. The number of carbonyl (C=O) groups is 2. The van der Waals surface area contributed by atoms with E-state index in [2.05, 4.69) is 77.7 Å². The third-order valence-electron chi connectivity index (χ3n) is 8.37. The Morgan fingerprint density at radius 2 is 1.27 bits per heavy atom. The van der Waals surface area contributed by atoms with E-state index in [1.54, 1.807) is 6.07 Å². The van der Waals surface area contributed by atoms with Gasteiger partial charge in [-0.3, -0.25) is 4.79 Å². The molecule has 0 fully saturated rings. The molecule has 0 radical (unpaired) electrons. The molecule has 0 unspecified atom stereocenters. The molecule has 3 rings (SSSR count). The van der Waals surface area contributed by atoms with Crippen molar-refractivity contribution < 1.29 is 34.8 Å². The number of benzene rings is 1. The molecule has 52 heavy (non-hydrogen) atoms. The predicted octanol–water partition coefficient (Wildman–Crippen LogP) is 12.1. The van der Waals surface area contributed by atoms with Gasteiger partial charge in [0.25, 0.3) is 0 Å². The Bertz CT molecular complexity index is 1700. The van der Waals surface area contributed by atoms with Crippen molar-refractivity contribution in [2.75, 3.05) is 13.2 Å². The van der Waals surface area contributed by atoms with Crippen LogP contribution in [0.3, 0.4) is 0 Å². The van der Waals surface area contributed by atoms with Gasteiger partial charge >= 0.3 is 25.8 Å². The summed E-state index contributed by atoms with van der Waals surface area (Å²) in [6, 6.07) is 8.71. The van der Waals surface area contributed by atoms with Gasteiger partial charge in [0.15, 0.2) is 22.4 Å². The Morgan fingerprint density at radius 3 is 1.69 bits per heavy atom. The monoisotopic (exact) mass is 952 g/mol. The van der Waals surface area contributed by atoms with E-state index in [1.165, 1.54) is 42.7 Å². The molecule has 1 aromatic carbocycles. The zero-order valence-electron chi connectivity index (χ0n) is 29.7. The third-order valence-corrected chi connectivity index (χ3v) is 20.6. The van der Waals surface area contributed by atoms with Crippen molar-refractivity contribution in [3.05, 3.63) is 89.4 Å². The van der Waals surface area contributed by atoms with Gasteiger partial charge in [-0.05, 0) is 60.5 Å². The first-order valence-corrected chi connectivity index (χ1v) is 25.4. The number of hydrogen-bond donors (Lipinski definition) is 2. The van der Waals surface area contributed by atoms with Crippen molar-refractivity contribution in [3.8, 4) is 0 Å². The average molecular weight is 955 g/mol. The number of aromatic nitrogens is 2. The predicted molar refractivity (Wildman–Crippen MR) is 225 cm³/mol. The minimum absolute atomic E-state index is 0. The van der Waals surface area contributed by atoms with E-state index < -0.39 is 48.5 Å². The zero-order valence-corrected chi connectivity index (χ0v) is 36.9. The van der Waals surface area contributed by atoms with Crippen LogP contribution < -0.4 is 0 Å². The number of aliphatic hydroxyl groups is 1. The van der Waals surface area contributed by atoms with E-state index in [-0.39, 0.29) is 68.4 Å². The van der Waals surface area contributed by atoms with E-state index in [0.29, 0.717) is 16.1 Å². The summed E-state index contributed by atoms with van der Waals surface area (Å²) in [5.74, 6) is -1.34. The summed E-state index contributed by atoms with van der Waals surface area (Å²) < 4.78 is 33.0. The number of carboxylic acid groups (broad SMARTS) is 1. The maximum atomic E-state index is 12.0. The Labute approximate surface area is 338 Å². The van der Waals surface area contributed by atoms with E-state index in [4.69, 9.17) is 60.4 Å². The van der Waals surface area contributed by atoms with Crippen LogP contribution in [0.1, 0.15) is 88.8 Å². The summed E-state index contributed by atoms with van der Waals surface area (Å²) in [5.41, 5.74) is 0.897. The first-order chi connectivity index (χ1) is 22.7. The van der Waals surface area contributed by atoms with Gasteiger partial charge < -0.3 is 19.1 Å². The molecule has 0 amide bonds. The maximum Gasteiger partial charge on any atom is 0.341 e. The topological polar surface area (TPSA) is 153 Å². The van der Waals surface area contributed by atoms with Crippen LogP contribution in [0.4, 0.5) is 0 Å². The van der Waals surface area contributed by atoms with E-state index in [9.17, 15) is 20.8 Å².